The van der Waals surface area contributed by atoms with Crippen molar-refractivity contribution in [2.45, 2.75) is 6.92 Å². The lowest BCUT2D eigenvalue weighted by Gasteiger charge is -1.89. The van der Waals surface area contributed by atoms with Crippen LogP contribution in [0.2, 0.25) is 0 Å². The first kappa shape index (κ1) is 13.4. The molecule has 0 saturated carbocycles. The van der Waals surface area contributed by atoms with Gasteiger partial charge in [0.25, 0.3) is 0 Å². The standard InChI is InChI=1S/C11H11NO2.ClH/c1-9(7-11(13)14)4-5-10-3-2-6-12-8-10;/h2-8H,1H3,(H,13,14);1H/b5-4-,9-7-;. The lowest BCUT2D eigenvalue weighted by Crippen LogP contribution is -3.00. The van der Waals surface area contributed by atoms with E-state index in [4.69, 9.17) is 5.11 Å². The predicted octanol–water partition coefficient (Wildman–Crippen LogP) is -1.45. The summed E-state index contributed by atoms with van der Waals surface area (Å²) in [7, 11) is 0. The topological polar surface area (TPSA) is 51.4 Å². The second-order valence-corrected chi connectivity index (χ2v) is 2.90. The van der Waals surface area contributed by atoms with Crippen LogP contribution < -0.4 is 17.4 Å². The molecular formula is C11H12ClNO2. The fourth-order valence-electron chi connectivity index (χ4n) is 0.981. The summed E-state index contributed by atoms with van der Waals surface area (Å²) in [5.74, 6) is -0.924. The minimum atomic E-state index is -0.924. The number of nitrogens with one attached hydrogen (secondary N) is 1. The van der Waals surface area contributed by atoms with Crippen molar-refractivity contribution >= 4 is 12.0 Å². The van der Waals surface area contributed by atoms with E-state index in [1.165, 1.54) is 6.08 Å². The Balaban J connectivity index is 0.00000196. The largest absolute Gasteiger partial charge is 1.00 e. The number of allylic oxidation sites excluding steroid dienone is 2. The van der Waals surface area contributed by atoms with Crippen molar-refractivity contribution in [3.63, 3.8) is 0 Å². The number of hydrogen-bond donors (Lipinski definition) is 1. The fourth-order valence-corrected chi connectivity index (χ4v) is 0.981. The quantitative estimate of drug-likeness (QED) is 0.506. The van der Waals surface area contributed by atoms with Crippen LogP contribution in [0.3, 0.4) is 0 Å². The minimum Gasteiger partial charge on any atom is -1.00 e. The summed E-state index contributed by atoms with van der Waals surface area (Å²) in [6, 6.07) is 3.82. The molecule has 0 aliphatic rings. The Morgan fingerprint density at radius 3 is 2.80 bits per heavy atom. The summed E-state index contributed by atoms with van der Waals surface area (Å²) >= 11 is 0. The highest BCUT2D eigenvalue weighted by molar-refractivity contribution is 5.81. The third-order valence-corrected chi connectivity index (χ3v) is 1.62. The molecule has 2 N–H and O–H groups in total. The molecule has 1 heterocycles. The number of aliphatic carboxylic acids is 1. The van der Waals surface area contributed by atoms with Crippen molar-refractivity contribution < 1.29 is 27.3 Å². The first-order valence-electron chi connectivity index (χ1n) is 4.24. The Labute approximate surface area is 94.6 Å². The zero-order valence-electron chi connectivity index (χ0n) is 8.27. The third-order valence-electron chi connectivity index (χ3n) is 1.62. The van der Waals surface area contributed by atoms with E-state index >= 15 is 0 Å². The highest BCUT2D eigenvalue weighted by Gasteiger charge is 1.91. The van der Waals surface area contributed by atoms with Crippen LogP contribution in [0.15, 0.2) is 42.3 Å². The highest BCUT2D eigenvalue weighted by Crippen LogP contribution is 2.01. The van der Waals surface area contributed by atoms with Gasteiger partial charge in [-0.1, -0.05) is 6.08 Å². The monoisotopic (exact) mass is 225 g/mol. The van der Waals surface area contributed by atoms with Gasteiger partial charge in [-0.25, -0.2) is 9.78 Å². The summed E-state index contributed by atoms with van der Waals surface area (Å²) in [5, 5.41) is 8.46. The van der Waals surface area contributed by atoms with Gasteiger partial charge in [0.1, 0.15) is 0 Å². The number of carbonyl (C=O) groups is 1. The maximum Gasteiger partial charge on any atom is 0.328 e. The normalized spacial score (nSPS) is 11.1. The van der Waals surface area contributed by atoms with E-state index < -0.39 is 5.97 Å². The van der Waals surface area contributed by atoms with Gasteiger partial charge in [-0.2, -0.15) is 0 Å². The number of halogens is 1. The smallest absolute Gasteiger partial charge is 0.328 e. The van der Waals surface area contributed by atoms with Gasteiger partial charge in [-0.3, -0.25) is 0 Å². The average Bonchev–Trinajstić information content (AvgIpc) is 2.15. The summed E-state index contributed by atoms with van der Waals surface area (Å²) in [6.07, 6.45) is 8.44. The number of carboxylic acids is 1. The van der Waals surface area contributed by atoms with Gasteiger partial charge < -0.3 is 17.5 Å². The van der Waals surface area contributed by atoms with Gasteiger partial charge in [-0.05, 0) is 24.6 Å². The van der Waals surface area contributed by atoms with E-state index in [2.05, 4.69) is 4.98 Å². The van der Waals surface area contributed by atoms with Crippen LogP contribution in [-0.2, 0) is 4.79 Å². The van der Waals surface area contributed by atoms with Crippen molar-refractivity contribution in [3.8, 4) is 0 Å². The highest BCUT2D eigenvalue weighted by atomic mass is 35.5. The summed E-state index contributed by atoms with van der Waals surface area (Å²) in [6.45, 7) is 1.75. The van der Waals surface area contributed by atoms with Crippen LogP contribution >= 0.6 is 0 Å². The first-order valence-corrected chi connectivity index (χ1v) is 4.24. The van der Waals surface area contributed by atoms with E-state index in [0.29, 0.717) is 5.57 Å². The molecule has 1 aromatic rings. The van der Waals surface area contributed by atoms with E-state index in [-0.39, 0.29) is 12.4 Å². The van der Waals surface area contributed by atoms with E-state index in [9.17, 15) is 4.79 Å². The molecule has 0 amide bonds. The molecule has 1 rings (SSSR count). The zero-order chi connectivity index (χ0) is 10.4. The molecule has 0 spiro atoms. The van der Waals surface area contributed by atoms with Crippen LogP contribution in [0.25, 0.3) is 6.08 Å². The van der Waals surface area contributed by atoms with Crippen LogP contribution in [0.1, 0.15) is 12.5 Å². The summed E-state index contributed by atoms with van der Waals surface area (Å²) < 4.78 is 0. The van der Waals surface area contributed by atoms with E-state index in [1.54, 1.807) is 13.0 Å². The molecule has 0 aliphatic heterocycles. The van der Waals surface area contributed by atoms with Gasteiger partial charge in [0.15, 0.2) is 12.4 Å². The first-order chi connectivity index (χ1) is 6.68. The Kier molecular flexibility index (Phi) is 6.06. The minimum absolute atomic E-state index is 0. The number of pyridine rings is 1. The van der Waals surface area contributed by atoms with Gasteiger partial charge in [-0.15, -0.1) is 0 Å². The molecule has 0 aliphatic carbocycles. The molecule has 0 unspecified atom stereocenters. The van der Waals surface area contributed by atoms with E-state index in [0.717, 1.165) is 5.56 Å². The van der Waals surface area contributed by atoms with Gasteiger partial charge in [0.2, 0.25) is 0 Å². The number of hydrogen-bond acceptors (Lipinski definition) is 1. The van der Waals surface area contributed by atoms with Crippen LogP contribution in [-0.4, -0.2) is 11.1 Å². The maximum atomic E-state index is 10.3. The van der Waals surface area contributed by atoms with Crippen LogP contribution in [0.4, 0.5) is 0 Å². The Hall–Kier alpha value is -1.61. The Morgan fingerprint density at radius 2 is 2.27 bits per heavy atom. The Morgan fingerprint density at radius 1 is 1.53 bits per heavy atom. The SMILES string of the molecule is CC(/C=C\c1ccc[nH+]c1)=C/C(=O)O.[Cl-]. The van der Waals surface area contributed by atoms with Gasteiger partial charge >= 0.3 is 5.97 Å². The molecular weight excluding hydrogens is 214 g/mol. The molecule has 0 bridgehead atoms. The maximum absolute atomic E-state index is 10.3. The number of aromatic nitrogens is 1. The molecule has 0 aromatic carbocycles. The molecule has 0 radical (unpaired) electrons. The van der Waals surface area contributed by atoms with Crippen molar-refractivity contribution in [1.29, 1.82) is 0 Å². The molecule has 80 valence electrons. The predicted molar refractivity (Wildman–Crippen MR) is 53.4 cm³/mol. The number of rotatable bonds is 3. The molecule has 4 heteroatoms. The summed E-state index contributed by atoms with van der Waals surface area (Å²) in [5.41, 5.74) is 1.71. The van der Waals surface area contributed by atoms with Gasteiger partial charge in [0.05, 0.1) is 0 Å². The van der Waals surface area contributed by atoms with Gasteiger partial charge in [0, 0.05) is 17.7 Å². The van der Waals surface area contributed by atoms with Crippen LogP contribution in [0.5, 0.6) is 0 Å². The second kappa shape index (κ2) is 6.79. The molecule has 15 heavy (non-hydrogen) atoms. The lowest BCUT2D eigenvalue weighted by molar-refractivity contribution is -0.378. The van der Waals surface area contributed by atoms with Crippen molar-refractivity contribution in [3.05, 3.63) is 47.8 Å². The number of carboxylic acid groups (broad SMARTS) is 1. The van der Waals surface area contributed by atoms with E-state index in [1.807, 2.05) is 30.6 Å². The Bertz CT molecular complexity index is 371. The molecule has 0 saturated heterocycles. The van der Waals surface area contributed by atoms with Crippen molar-refractivity contribution in [2.24, 2.45) is 0 Å². The second-order valence-electron chi connectivity index (χ2n) is 2.90. The van der Waals surface area contributed by atoms with Crippen LogP contribution in [0, 0.1) is 0 Å². The fraction of sp³-hybridized carbons (Fsp3) is 0.0909. The zero-order valence-corrected chi connectivity index (χ0v) is 9.03. The molecule has 1 aromatic heterocycles. The van der Waals surface area contributed by atoms with Crippen molar-refractivity contribution in [1.82, 2.24) is 0 Å². The lowest BCUT2D eigenvalue weighted by atomic mass is 10.2. The summed E-state index contributed by atoms with van der Waals surface area (Å²) in [4.78, 5) is 13.2. The average molecular weight is 226 g/mol. The third kappa shape index (κ3) is 5.65. The molecule has 0 fully saturated rings. The van der Waals surface area contributed by atoms with Crippen molar-refractivity contribution in [2.75, 3.05) is 0 Å². The number of H-pyrrole nitrogens is 1. The molecule has 3 nitrogen and oxygen atoms in total. The molecule has 0 atom stereocenters. The number of aromatic amines is 1.